The maximum absolute atomic E-state index is 13.4. The van der Waals surface area contributed by atoms with Gasteiger partial charge in [-0.15, -0.1) is 0 Å². The zero-order chi connectivity index (χ0) is 22.7. The predicted octanol–water partition coefficient (Wildman–Crippen LogP) is 4.23. The summed E-state index contributed by atoms with van der Waals surface area (Å²) in [6, 6.07) is 16.9. The highest BCUT2D eigenvalue weighted by molar-refractivity contribution is 9.10. The first-order valence-corrected chi connectivity index (χ1v) is 11.8. The fraction of sp³-hybridized carbons (Fsp3) is 0.160. The molecule has 2 heterocycles. The van der Waals surface area contributed by atoms with E-state index in [2.05, 4.69) is 20.9 Å². The van der Waals surface area contributed by atoms with Gasteiger partial charge in [0.15, 0.2) is 4.80 Å². The molecule has 0 N–H and O–H groups in total. The van der Waals surface area contributed by atoms with E-state index < -0.39 is 12.0 Å². The van der Waals surface area contributed by atoms with Gasteiger partial charge in [-0.2, -0.15) is 0 Å². The Bertz CT molecular complexity index is 1380. The molecular formula is C25H21BrN2O3S. The Labute approximate surface area is 197 Å². The summed E-state index contributed by atoms with van der Waals surface area (Å²) in [5.74, 6) is -0.458. The van der Waals surface area contributed by atoms with Crippen LogP contribution in [0.2, 0.25) is 0 Å². The van der Waals surface area contributed by atoms with Crippen molar-refractivity contribution in [2.75, 3.05) is 6.61 Å². The number of hydrogen-bond donors (Lipinski definition) is 0. The molecule has 5 nitrogen and oxygen atoms in total. The van der Waals surface area contributed by atoms with Crippen LogP contribution in [-0.2, 0) is 9.53 Å². The van der Waals surface area contributed by atoms with Gasteiger partial charge in [0.25, 0.3) is 5.56 Å². The van der Waals surface area contributed by atoms with Crippen LogP contribution in [0.5, 0.6) is 0 Å². The predicted molar refractivity (Wildman–Crippen MR) is 131 cm³/mol. The van der Waals surface area contributed by atoms with Gasteiger partial charge in [-0.25, -0.2) is 9.79 Å². The van der Waals surface area contributed by atoms with Crippen molar-refractivity contribution in [3.63, 3.8) is 0 Å². The molecule has 3 aromatic rings. The number of carbonyl (C=O) groups excluding carboxylic acids is 1. The van der Waals surface area contributed by atoms with E-state index in [0.29, 0.717) is 20.6 Å². The Morgan fingerprint density at radius 1 is 1.19 bits per heavy atom. The zero-order valence-corrected chi connectivity index (χ0v) is 20.0. The van der Waals surface area contributed by atoms with Crippen LogP contribution in [0.4, 0.5) is 0 Å². The third-order valence-corrected chi connectivity index (χ3v) is 6.57. The zero-order valence-electron chi connectivity index (χ0n) is 17.6. The summed E-state index contributed by atoms with van der Waals surface area (Å²) >= 11 is 4.76. The summed E-state index contributed by atoms with van der Waals surface area (Å²) in [6.45, 7) is 3.79. The van der Waals surface area contributed by atoms with E-state index in [1.165, 1.54) is 11.3 Å². The van der Waals surface area contributed by atoms with E-state index in [1.54, 1.807) is 24.5 Å². The van der Waals surface area contributed by atoms with Crippen molar-refractivity contribution in [1.29, 1.82) is 0 Å². The van der Waals surface area contributed by atoms with Crippen molar-refractivity contribution in [2.24, 2.45) is 4.99 Å². The normalized spacial score (nSPS) is 16.2. The second-order valence-electron chi connectivity index (χ2n) is 7.15. The van der Waals surface area contributed by atoms with Gasteiger partial charge < -0.3 is 4.74 Å². The van der Waals surface area contributed by atoms with Crippen molar-refractivity contribution < 1.29 is 9.53 Å². The SMILES string of the molecule is CCOC(=O)C1=C(C)N=c2sc(=CC=Cc3ccccc3)c(=O)n2C1c1ccc(Br)cc1. The highest BCUT2D eigenvalue weighted by atomic mass is 79.9. The van der Waals surface area contributed by atoms with Crippen molar-refractivity contribution in [2.45, 2.75) is 19.9 Å². The van der Waals surface area contributed by atoms with Gasteiger partial charge in [0.05, 0.1) is 28.5 Å². The molecule has 32 heavy (non-hydrogen) atoms. The van der Waals surface area contributed by atoms with Gasteiger partial charge in [-0.1, -0.05) is 81.9 Å². The van der Waals surface area contributed by atoms with Gasteiger partial charge in [-0.05, 0) is 43.2 Å². The number of nitrogens with zero attached hydrogens (tertiary/aromatic N) is 2. The monoisotopic (exact) mass is 508 g/mol. The third kappa shape index (κ3) is 4.45. The first-order chi connectivity index (χ1) is 15.5. The summed E-state index contributed by atoms with van der Waals surface area (Å²) < 4.78 is 8.37. The first kappa shape index (κ1) is 22.2. The van der Waals surface area contributed by atoms with Crippen LogP contribution in [-0.4, -0.2) is 17.1 Å². The molecule has 0 spiro atoms. The average Bonchev–Trinajstić information content (AvgIpc) is 3.09. The van der Waals surface area contributed by atoms with E-state index in [0.717, 1.165) is 15.6 Å². The Kier molecular flexibility index (Phi) is 6.67. The number of benzene rings is 2. The van der Waals surface area contributed by atoms with Crippen molar-refractivity contribution in [3.05, 3.63) is 107 Å². The number of allylic oxidation sites excluding steroid dienone is 2. The van der Waals surface area contributed by atoms with Gasteiger partial charge >= 0.3 is 5.97 Å². The second-order valence-corrected chi connectivity index (χ2v) is 9.07. The molecule has 1 unspecified atom stereocenters. The molecule has 2 aromatic carbocycles. The van der Waals surface area contributed by atoms with Gasteiger partial charge in [0, 0.05) is 4.47 Å². The molecule has 1 aromatic heterocycles. The van der Waals surface area contributed by atoms with Crippen molar-refractivity contribution in [1.82, 2.24) is 4.57 Å². The number of ether oxygens (including phenoxy) is 1. The number of aromatic nitrogens is 1. The lowest BCUT2D eigenvalue weighted by Crippen LogP contribution is -2.39. The average molecular weight is 509 g/mol. The Morgan fingerprint density at radius 3 is 2.59 bits per heavy atom. The molecule has 1 atom stereocenters. The van der Waals surface area contributed by atoms with Crippen molar-refractivity contribution in [3.8, 4) is 0 Å². The fourth-order valence-electron chi connectivity index (χ4n) is 3.58. The lowest BCUT2D eigenvalue weighted by Gasteiger charge is -2.24. The molecular weight excluding hydrogens is 488 g/mol. The van der Waals surface area contributed by atoms with Crippen molar-refractivity contribution >= 4 is 45.4 Å². The molecule has 0 saturated heterocycles. The number of hydrogen-bond acceptors (Lipinski definition) is 5. The highest BCUT2D eigenvalue weighted by Crippen LogP contribution is 2.31. The molecule has 0 fully saturated rings. The minimum Gasteiger partial charge on any atom is -0.463 e. The smallest absolute Gasteiger partial charge is 0.338 e. The molecule has 1 aliphatic rings. The van der Waals surface area contributed by atoms with E-state index in [4.69, 9.17) is 4.74 Å². The minimum atomic E-state index is -0.598. The molecule has 162 valence electrons. The van der Waals surface area contributed by atoms with Crippen LogP contribution < -0.4 is 14.9 Å². The molecule has 0 bridgehead atoms. The second kappa shape index (κ2) is 9.63. The first-order valence-electron chi connectivity index (χ1n) is 10.2. The summed E-state index contributed by atoms with van der Waals surface area (Å²) in [5.41, 5.74) is 2.62. The molecule has 4 rings (SSSR count). The van der Waals surface area contributed by atoms with Crippen LogP contribution in [0.1, 0.15) is 31.0 Å². The summed E-state index contributed by atoms with van der Waals surface area (Å²) in [4.78, 5) is 31.4. The maximum atomic E-state index is 13.4. The van der Waals surface area contributed by atoms with Gasteiger partial charge in [0.2, 0.25) is 0 Å². The Balaban J connectivity index is 1.86. The summed E-state index contributed by atoms with van der Waals surface area (Å²) in [6.07, 6.45) is 5.59. The maximum Gasteiger partial charge on any atom is 0.338 e. The largest absolute Gasteiger partial charge is 0.463 e. The molecule has 1 aliphatic heterocycles. The Morgan fingerprint density at radius 2 is 1.91 bits per heavy atom. The van der Waals surface area contributed by atoms with Crippen LogP contribution >= 0.6 is 27.3 Å². The number of halogens is 1. The quantitative estimate of drug-likeness (QED) is 0.484. The van der Waals surface area contributed by atoms with E-state index in [1.807, 2.05) is 66.7 Å². The van der Waals surface area contributed by atoms with E-state index >= 15 is 0 Å². The van der Waals surface area contributed by atoms with E-state index in [9.17, 15) is 9.59 Å². The molecule has 7 heteroatoms. The summed E-state index contributed by atoms with van der Waals surface area (Å²) in [5, 5.41) is 0. The standard InChI is InChI=1S/C25H21BrN2O3S/c1-3-31-24(30)21-16(2)27-25-28(22(21)18-12-14-19(26)15-13-18)23(29)20(32-25)11-7-10-17-8-5-4-6-9-17/h4-15,22H,3H2,1-2H3. The van der Waals surface area contributed by atoms with Crippen LogP contribution in [0.25, 0.3) is 12.2 Å². The fourth-order valence-corrected chi connectivity index (χ4v) is 4.84. The highest BCUT2D eigenvalue weighted by Gasteiger charge is 2.33. The third-order valence-electron chi connectivity index (χ3n) is 5.04. The van der Waals surface area contributed by atoms with Gasteiger partial charge in [-0.3, -0.25) is 9.36 Å². The lowest BCUT2D eigenvalue weighted by atomic mass is 9.96. The van der Waals surface area contributed by atoms with Crippen LogP contribution in [0, 0.1) is 0 Å². The Hall–Kier alpha value is -3.03. The number of esters is 1. The van der Waals surface area contributed by atoms with E-state index in [-0.39, 0.29) is 12.2 Å². The number of fused-ring (bicyclic) bond motifs is 1. The van der Waals surface area contributed by atoms with Crippen LogP contribution in [0.3, 0.4) is 0 Å². The summed E-state index contributed by atoms with van der Waals surface area (Å²) in [7, 11) is 0. The number of thiazole rings is 1. The molecule has 0 aliphatic carbocycles. The molecule has 0 saturated carbocycles. The topological polar surface area (TPSA) is 60.7 Å². The number of rotatable bonds is 5. The number of carbonyl (C=O) groups is 1. The minimum absolute atomic E-state index is 0.186. The lowest BCUT2D eigenvalue weighted by molar-refractivity contribution is -0.139. The molecule has 0 radical (unpaired) electrons. The van der Waals surface area contributed by atoms with Gasteiger partial charge in [0.1, 0.15) is 0 Å². The molecule has 0 amide bonds. The van der Waals surface area contributed by atoms with Crippen LogP contribution in [0.15, 0.2) is 86.2 Å².